The molecule has 14 heavy (non-hydrogen) atoms. The van der Waals surface area contributed by atoms with Gasteiger partial charge in [-0.3, -0.25) is 0 Å². The highest BCUT2D eigenvalue weighted by molar-refractivity contribution is 4.92. The molecule has 1 saturated heterocycles. The Bertz CT molecular complexity index is 310. The van der Waals surface area contributed by atoms with E-state index in [0.717, 1.165) is 18.2 Å². The molecule has 2 heterocycles. The Kier molecular flexibility index (Phi) is 2.54. The van der Waals surface area contributed by atoms with Crippen LogP contribution in [0.4, 0.5) is 0 Å². The van der Waals surface area contributed by atoms with E-state index in [4.69, 9.17) is 0 Å². The van der Waals surface area contributed by atoms with Crippen molar-refractivity contribution in [1.82, 2.24) is 20.1 Å². The summed E-state index contributed by atoms with van der Waals surface area (Å²) in [4.78, 5) is 4.33. The Morgan fingerprint density at radius 1 is 1.36 bits per heavy atom. The van der Waals surface area contributed by atoms with Crippen LogP contribution >= 0.6 is 0 Å². The van der Waals surface area contributed by atoms with Crippen molar-refractivity contribution in [3.63, 3.8) is 0 Å². The second-order valence-electron chi connectivity index (χ2n) is 4.19. The monoisotopic (exact) mass is 194 g/mol. The highest BCUT2D eigenvalue weighted by Crippen LogP contribution is 2.19. The summed E-state index contributed by atoms with van der Waals surface area (Å²) >= 11 is 0. The fourth-order valence-corrected chi connectivity index (χ4v) is 2.07. The average Bonchev–Trinajstić information content (AvgIpc) is 2.47. The molecule has 0 bridgehead atoms. The number of nitrogens with one attached hydrogen (secondary N) is 1. The van der Waals surface area contributed by atoms with E-state index in [1.54, 1.807) is 0 Å². The predicted octanol–water partition coefficient (Wildman–Crippen LogP) is 1.21. The summed E-state index contributed by atoms with van der Waals surface area (Å²) in [6.45, 7) is 7.22. The van der Waals surface area contributed by atoms with Crippen LogP contribution < -0.4 is 5.32 Å². The lowest BCUT2D eigenvalue weighted by atomic mass is 10.0. The van der Waals surface area contributed by atoms with E-state index in [1.807, 2.05) is 13.8 Å². The molecule has 1 fully saturated rings. The lowest BCUT2D eigenvalue weighted by molar-refractivity contribution is 0.298. The Morgan fingerprint density at radius 3 is 2.64 bits per heavy atom. The number of nitrogens with zero attached hydrogens (tertiary/aromatic N) is 3. The average molecular weight is 194 g/mol. The first-order valence-electron chi connectivity index (χ1n) is 5.30. The fraction of sp³-hybridized carbons (Fsp3) is 0.800. The summed E-state index contributed by atoms with van der Waals surface area (Å²) in [5.74, 6) is 1.91. The highest BCUT2D eigenvalue weighted by Gasteiger charge is 2.21. The molecule has 1 aromatic heterocycles. The highest BCUT2D eigenvalue weighted by atomic mass is 15.4. The Morgan fingerprint density at radius 2 is 2.14 bits per heavy atom. The van der Waals surface area contributed by atoms with Crippen molar-refractivity contribution in [3.8, 4) is 0 Å². The predicted molar refractivity (Wildman–Crippen MR) is 55.2 cm³/mol. The quantitative estimate of drug-likeness (QED) is 0.730. The van der Waals surface area contributed by atoms with Crippen LogP contribution in [0.25, 0.3) is 0 Å². The smallest absolute Gasteiger partial charge is 0.147 e. The number of aromatic nitrogens is 3. The molecule has 0 saturated carbocycles. The summed E-state index contributed by atoms with van der Waals surface area (Å²) in [5.41, 5.74) is 0. The number of aryl methyl sites for hydroxylation is 2. The molecule has 4 heteroatoms. The molecule has 4 nitrogen and oxygen atoms in total. The minimum absolute atomic E-state index is 0.493. The van der Waals surface area contributed by atoms with Crippen LogP contribution in [0.1, 0.15) is 37.5 Å². The Labute approximate surface area is 84.7 Å². The summed E-state index contributed by atoms with van der Waals surface area (Å²) < 4.78 is 2.06. The summed E-state index contributed by atoms with van der Waals surface area (Å²) in [7, 11) is 0. The van der Waals surface area contributed by atoms with Gasteiger partial charge in [0.15, 0.2) is 0 Å². The molecular weight excluding hydrogens is 176 g/mol. The van der Waals surface area contributed by atoms with Crippen LogP contribution in [0.15, 0.2) is 0 Å². The molecule has 2 atom stereocenters. The Hall–Kier alpha value is -0.900. The Balaban J connectivity index is 2.11. The molecule has 1 aliphatic heterocycles. The zero-order valence-corrected chi connectivity index (χ0v) is 9.12. The maximum absolute atomic E-state index is 4.42. The standard InChI is InChI=1S/C10H18N4/c1-7-4-5-10(6-11-7)14-9(3)12-8(2)13-14/h7,10-11H,4-6H2,1-3H3. The van der Waals surface area contributed by atoms with Gasteiger partial charge in [0.1, 0.15) is 11.6 Å². The van der Waals surface area contributed by atoms with Gasteiger partial charge in [-0.05, 0) is 33.6 Å². The van der Waals surface area contributed by atoms with Crippen molar-refractivity contribution >= 4 is 0 Å². The molecule has 1 aliphatic rings. The van der Waals surface area contributed by atoms with Crippen molar-refractivity contribution in [3.05, 3.63) is 11.6 Å². The van der Waals surface area contributed by atoms with Crippen molar-refractivity contribution in [2.45, 2.75) is 45.7 Å². The topological polar surface area (TPSA) is 42.7 Å². The van der Waals surface area contributed by atoms with Crippen molar-refractivity contribution in [2.24, 2.45) is 0 Å². The fourth-order valence-electron chi connectivity index (χ4n) is 2.07. The first-order valence-corrected chi connectivity index (χ1v) is 5.30. The first kappa shape index (κ1) is 9.65. The molecule has 0 radical (unpaired) electrons. The lowest BCUT2D eigenvalue weighted by Crippen LogP contribution is -2.38. The van der Waals surface area contributed by atoms with Gasteiger partial charge in [0, 0.05) is 12.6 Å². The molecule has 0 spiro atoms. The maximum atomic E-state index is 4.42. The minimum atomic E-state index is 0.493. The SMILES string of the molecule is Cc1nc(C)n(C2CCC(C)NC2)n1. The van der Waals surface area contributed by atoms with E-state index in [-0.39, 0.29) is 0 Å². The van der Waals surface area contributed by atoms with Crippen LogP contribution in [0.2, 0.25) is 0 Å². The molecule has 0 aliphatic carbocycles. The third-order valence-corrected chi connectivity index (χ3v) is 2.89. The second kappa shape index (κ2) is 3.69. The van der Waals surface area contributed by atoms with Crippen LogP contribution in [-0.2, 0) is 0 Å². The van der Waals surface area contributed by atoms with E-state index in [2.05, 4.69) is 27.0 Å². The molecule has 1 aromatic rings. The number of piperidine rings is 1. The van der Waals surface area contributed by atoms with E-state index < -0.39 is 0 Å². The van der Waals surface area contributed by atoms with Gasteiger partial charge >= 0.3 is 0 Å². The first-order chi connectivity index (χ1) is 6.66. The van der Waals surface area contributed by atoms with Crippen LogP contribution in [0, 0.1) is 13.8 Å². The molecule has 2 rings (SSSR count). The summed E-state index contributed by atoms with van der Waals surface area (Å²) in [6.07, 6.45) is 2.43. The molecule has 2 unspecified atom stereocenters. The zero-order valence-electron chi connectivity index (χ0n) is 9.12. The van der Waals surface area contributed by atoms with Crippen LogP contribution in [0.5, 0.6) is 0 Å². The second-order valence-corrected chi connectivity index (χ2v) is 4.19. The number of rotatable bonds is 1. The molecule has 0 aromatic carbocycles. The molecule has 78 valence electrons. The number of hydrogen-bond donors (Lipinski definition) is 1. The lowest BCUT2D eigenvalue weighted by Gasteiger charge is -2.28. The van der Waals surface area contributed by atoms with Gasteiger partial charge in [-0.1, -0.05) is 0 Å². The normalized spacial score (nSPS) is 27.9. The van der Waals surface area contributed by atoms with Crippen molar-refractivity contribution in [2.75, 3.05) is 6.54 Å². The van der Waals surface area contributed by atoms with Gasteiger partial charge in [-0.25, -0.2) is 9.67 Å². The van der Waals surface area contributed by atoms with Gasteiger partial charge in [-0.15, -0.1) is 0 Å². The third kappa shape index (κ3) is 1.80. The van der Waals surface area contributed by atoms with Crippen molar-refractivity contribution in [1.29, 1.82) is 0 Å². The zero-order chi connectivity index (χ0) is 10.1. The third-order valence-electron chi connectivity index (χ3n) is 2.89. The molecule has 1 N–H and O–H groups in total. The van der Waals surface area contributed by atoms with Crippen molar-refractivity contribution < 1.29 is 0 Å². The van der Waals surface area contributed by atoms with Crippen LogP contribution in [0.3, 0.4) is 0 Å². The minimum Gasteiger partial charge on any atom is -0.312 e. The van der Waals surface area contributed by atoms with Gasteiger partial charge < -0.3 is 5.32 Å². The van der Waals surface area contributed by atoms with E-state index in [0.29, 0.717) is 12.1 Å². The molecular formula is C10H18N4. The molecule has 0 amide bonds. The summed E-state index contributed by atoms with van der Waals surface area (Å²) in [6, 6.07) is 1.14. The van der Waals surface area contributed by atoms with E-state index in [1.165, 1.54) is 12.8 Å². The van der Waals surface area contributed by atoms with E-state index in [9.17, 15) is 0 Å². The van der Waals surface area contributed by atoms with E-state index >= 15 is 0 Å². The van der Waals surface area contributed by atoms with Gasteiger partial charge in [0.2, 0.25) is 0 Å². The number of hydrogen-bond acceptors (Lipinski definition) is 3. The van der Waals surface area contributed by atoms with Gasteiger partial charge in [-0.2, -0.15) is 5.10 Å². The maximum Gasteiger partial charge on any atom is 0.147 e. The van der Waals surface area contributed by atoms with Gasteiger partial charge in [0.25, 0.3) is 0 Å². The van der Waals surface area contributed by atoms with Gasteiger partial charge in [0.05, 0.1) is 6.04 Å². The largest absolute Gasteiger partial charge is 0.312 e. The van der Waals surface area contributed by atoms with Crippen LogP contribution in [-0.4, -0.2) is 27.4 Å². The summed E-state index contributed by atoms with van der Waals surface area (Å²) in [5, 5.41) is 7.90.